The molecule has 3 heterocycles. The van der Waals surface area contributed by atoms with Gasteiger partial charge in [-0.05, 0) is 32.6 Å². The van der Waals surface area contributed by atoms with Crippen LogP contribution >= 0.6 is 11.8 Å². The van der Waals surface area contributed by atoms with Crippen LogP contribution in [0.2, 0.25) is 0 Å². The van der Waals surface area contributed by atoms with Crippen LogP contribution in [0, 0.1) is 12.8 Å². The maximum absolute atomic E-state index is 12.0. The second kappa shape index (κ2) is 8.22. The molecule has 3 N–H and O–H groups in total. The van der Waals surface area contributed by atoms with Gasteiger partial charge in [-0.25, -0.2) is 9.97 Å². The van der Waals surface area contributed by atoms with Crippen molar-refractivity contribution >= 4 is 35.1 Å². The molecule has 3 aromatic heterocycles. The number of allylic oxidation sites excluding steroid dienone is 1. The first-order valence-electron chi connectivity index (χ1n) is 10.6. The largest absolute Gasteiger partial charge is 0.349 e. The lowest BCUT2D eigenvalue weighted by Crippen LogP contribution is -2.34. The molecule has 0 aliphatic heterocycles. The van der Waals surface area contributed by atoms with Crippen LogP contribution in [0.25, 0.3) is 5.65 Å². The molecule has 0 saturated heterocycles. The van der Waals surface area contributed by atoms with Gasteiger partial charge in [0.1, 0.15) is 10.7 Å². The zero-order valence-electron chi connectivity index (χ0n) is 17.6. The Hall–Kier alpha value is -3.07. The van der Waals surface area contributed by atoms with Crippen LogP contribution in [0.15, 0.2) is 46.5 Å². The van der Waals surface area contributed by atoms with Crippen molar-refractivity contribution in [3.8, 4) is 0 Å². The standard InChI is InChI=1S/C22H25N7OS/c1-3-15-12-29-19(23-15)11-20(26-22(29)25-18-10-13(2)27-28-18)31-17-8-6-16(7-9-17)24-21(30)14-4-5-14/h6,8-12,14,16H,3-5,7H2,1-2H3,(H,24,30)(H2,25,26,27,28). The van der Waals surface area contributed by atoms with Crippen molar-refractivity contribution in [3.63, 3.8) is 0 Å². The number of amides is 1. The topological polar surface area (TPSA) is 100 Å². The summed E-state index contributed by atoms with van der Waals surface area (Å²) in [5, 5.41) is 14.5. The minimum absolute atomic E-state index is 0.0763. The molecule has 160 valence electrons. The summed E-state index contributed by atoms with van der Waals surface area (Å²) in [5.74, 6) is 1.80. The van der Waals surface area contributed by atoms with Crippen LogP contribution in [0.4, 0.5) is 11.8 Å². The molecule has 0 aromatic carbocycles. The van der Waals surface area contributed by atoms with Gasteiger partial charge in [-0.2, -0.15) is 5.10 Å². The minimum Gasteiger partial charge on any atom is -0.349 e. The predicted octanol–water partition coefficient (Wildman–Crippen LogP) is 3.90. The molecule has 1 fully saturated rings. The Morgan fingerprint density at radius 2 is 2.19 bits per heavy atom. The highest BCUT2D eigenvalue weighted by atomic mass is 32.2. The number of aromatic amines is 1. The highest BCUT2D eigenvalue weighted by molar-refractivity contribution is 8.03. The van der Waals surface area contributed by atoms with E-state index in [1.807, 2.05) is 29.7 Å². The van der Waals surface area contributed by atoms with E-state index in [9.17, 15) is 4.79 Å². The van der Waals surface area contributed by atoms with Gasteiger partial charge in [0.15, 0.2) is 5.82 Å². The lowest BCUT2D eigenvalue weighted by molar-refractivity contribution is -0.122. The molecule has 1 saturated carbocycles. The highest BCUT2D eigenvalue weighted by Gasteiger charge is 2.30. The van der Waals surface area contributed by atoms with Gasteiger partial charge in [0.25, 0.3) is 0 Å². The second-order valence-electron chi connectivity index (χ2n) is 7.99. The summed E-state index contributed by atoms with van der Waals surface area (Å²) in [6.07, 6.45) is 12.0. The minimum atomic E-state index is 0.0763. The van der Waals surface area contributed by atoms with Gasteiger partial charge < -0.3 is 10.6 Å². The van der Waals surface area contributed by atoms with Gasteiger partial charge in [0, 0.05) is 34.8 Å². The van der Waals surface area contributed by atoms with Crippen molar-refractivity contribution in [2.75, 3.05) is 5.32 Å². The number of nitrogens with zero attached hydrogens (tertiary/aromatic N) is 4. The number of hydrogen-bond acceptors (Lipinski definition) is 6. The van der Waals surface area contributed by atoms with Gasteiger partial charge in [-0.1, -0.05) is 36.9 Å². The third kappa shape index (κ3) is 4.51. The molecule has 2 aliphatic rings. The molecule has 0 radical (unpaired) electrons. The van der Waals surface area contributed by atoms with Crippen molar-refractivity contribution in [2.45, 2.75) is 50.6 Å². The molecule has 2 aliphatic carbocycles. The summed E-state index contributed by atoms with van der Waals surface area (Å²) in [6.45, 7) is 4.05. The number of H-pyrrole nitrogens is 1. The molecule has 8 nitrogen and oxygen atoms in total. The number of anilines is 2. The molecule has 1 atom stereocenters. The van der Waals surface area contributed by atoms with E-state index >= 15 is 0 Å². The van der Waals surface area contributed by atoms with E-state index in [-0.39, 0.29) is 17.9 Å². The Morgan fingerprint density at radius 1 is 1.32 bits per heavy atom. The Labute approximate surface area is 184 Å². The molecule has 1 unspecified atom stereocenters. The normalized spacial score (nSPS) is 18.3. The van der Waals surface area contributed by atoms with Crippen molar-refractivity contribution in [1.29, 1.82) is 0 Å². The third-order valence-electron chi connectivity index (χ3n) is 5.35. The highest BCUT2D eigenvalue weighted by Crippen LogP contribution is 2.32. The zero-order valence-corrected chi connectivity index (χ0v) is 18.4. The third-order valence-corrected chi connectivity index (χ3v) is 6.31. The average molecular weight is 436 g/mol. The summed E-state index contributed by atoms with van der Waals surface area (Å²) in [6, 6.07) is 4.01. The average Bonchev–Trinajstić information content (AvgIpc) is 3.41. The van der Waals surface area contributed by atoms with Crippen molar-refractivity contribution < 1.29 is 4.79 Å². The Morgan fingerprint density at radius 3 is 2.87 bits per heavy atom. The Balaban J connectivity index is 1.35. The lowest BCUT2D eigenvalue weighted by Gasteiger charge is -2.17. The van der Waals surface area contributed by atoms with Crippen molar-refractivity contribution in [2.24, 2.45) is 5.92 Å². The summed E-state index contributed by atoms with van der Waals surface area (Å²) in [7, 11) is 0. The van der Waals surface area contributed by atoms with Gasteiger partial charge in [-0.15, -0.1) is 0 Å². The van der Waals surface area contributed by atoms with Crippen LogP contribution < -0.4 is 10.6 Å². The summed E-state index contributed by atoms with van der Waals surface area (Å²) in [4.78, 5) is 22.6. The number of aromatic nitrogens is 5. The van der Waals surface area contributed by atoms with E-state index < -0.39 is 0 Å². The van der Waals surface area contributed by atoms with E-state index in [4.69, 9.17) is 9.97 Å². The fraction of sp³-hybridized carbons (Fsp3) is 0.364. The number of carbonyl (C=O) groups excluding carboxylic acids is 1. The first kappa shape index (κ1) is 19.9. The van der Waals surface area contributed by atoms with Crippen LogP contribution in [-0.4, -0.2) is 36.5 Å². The molecule has 1 amide bonds. The molecular weight excluding hydrogens is 410 g/mol. The summed E-state index contributed by atoms with van der Waals surface area (Å²) < 4.78 is 1.96. The van der Waals surface area contributed by atoms with Gasteiger partial charge in [0.05, 0.1) is 11.7 Å². The zero-order chi connectivity index (χ0) is 21.4. The molecular formula is C22H25N7OS. The second-order valence-corrected chi connectivity index (χ2v) is 9.08. The number of imidazole rings is 1. The van der Waals surface area contributed by atoms with Gasteiger partial charge in [0.2, 0.25) is 11.9 Å². The maximum Gasteiger partial charge on any atom is 0.223 e. The first-order chi connectivity index (χ1) is 15.1. The number of rotatable bonds is 7. The van der Waals surface area contributed by atoms with Crippen LogP contribution in [0.5, 0.6) is 0 Å². The van der Waals surface area contributed by atoms with Crippen molar-refractivity contribution in [3.05, 3.63) is 52.9 Å². The Bertz CT molecular complexity index is 1190. The number of carbonyl (C=O) groups is 1. The molecule has 31 heavy (non-hydrogen) atoms. The van der Waals surface area contributed by atoms with Gasteiger partial charge in [-0.3, -0.25) is 14.3 Å². The molecule has 9 heteroatoms. The van der Waals surface area contributed by atoms with Crippen LogP contribution in [-0.2, 0) is 11.2 Å². The van der Waals surface area contributed by atoms with E-state index in [0.717, 1.165) is 52.6 Å². The van der Waals surface area contributed by atoms with Crippen molar-refractivity contribution in [1.82, 2.24) is 29.9 Å². The van der Waals surface area contributed by atoms with E-state index in [1.54, 1.807) is 11.8 Å². The molecule has 3 aromatic rings. The fourth-order valence-corrected chi connectivity index (χ4v) is 4.34. The number of aryl methyl sites for hydroxylation is 2. The molecule has 0 spiro atoms. The predicted molar refractivity (Wildman–Crippen MR) is 121 cm³/mol. The summed E-state index contributed by atoms with van der Waals surface area (Å²) in [5.41, 5.74) is 2.83. The number of hydrogen-bond donors (Lipinski definition) is 3. The summed E-state index contributed by atoms with van der Waals surface area (Å²) >= 11 is 1.59. The van der Waals surface area contributed by atoms with E-state index in [0.29, 0.717) is 11.8 Å². The number of fused-ring (bicyclic) bond motifs is 1. The fourth-order valence-electron chi connectivity index (χ4n) is 3.48. The smallest absolute Gasteiger partial charge is 0.223 e. The maximum atomic E-state index is 12.0. The first-order valence-corrected chi connectivity index (χ1v) is 11.4. The molecule has 0 bridgehead atoms. The van der Waals surface area contributed by atoms with E-state index in [2.05, 4.69) is 46.0 Å². The number of nitrogens with one attached hydrogen (secondary N) is 3. The van der Waals surface area contributed by atoms with E-state index in [1.165, 1.54) is 0 Å². The SMILES string of the molecule is CCc1cn2c(Nc3cc(C)[nH]n3)nc(SC3=CCC(NC(=O)C4CC4)C=C3)cc2n1. The van der Waals surface area contributed by atoms with Crippen LogP contribution in [0.1, 0.15) is 37.6 Å². The Kier molecular flexibility index (Phi) is 5.27. The quantitative estimate of drug-likeness (QED) is 0.487. The monoisotopic (exact) mass is 435 g/mol. The molecule has 5 rings (SSSR count). The van der Waals surface area contributed by atoms with Crippen LogP contribution in [0.3, 0.4) is 0 Å². The lowest BCUT2D eigenvalue weighted by atomic mass is 10.1. The van der Waals surface area contributed by atoms with Gasteiger partial charge >= 0.3 is 0 Å². The number of thioether (sulfide) groups is 1.